The van der Waals surface area contributed by atoms with Crippen LogP contribution >= 0.6 is 0 Å². The molecule has 2 aliphatic heterocycles. The Bertz CT molecular complexity index is 666. The summed E-state index contributed by atoms with van der Waals surface area (Å²) < 4.78 is 11.1. The standard InChI is InChI=1S/C19H25NO5/c1-13-4-3-5-16(14(13)2)25-11-17(21)20-10-15(18(22)23)19(12-20)6-8-24-9-7-19/h3-5,15H,6-12H2,1-2H3,(H,22,23). The van der Waals surface area contributed by atoms with Gasteiger partial charge < -0.3 is 19.5 Å². The number of hydrogen-bond acceptors (Lipinski definition) is 4. The number of carboxylic acid groups (broad SMARTS) is 1. The monoisotopic (exact) mass is 347 g/mol. The van der Waals surface area contributed by atoms with E-state index < -0.39 is 11.9 Å². The van der Waals surface area contributed by atoms with E-state index in [1.807, 2.05) is 32.0 Å². The molecule has 136 valence electrons. The van der Waals surface area contributed by atoms with E-state index in [-0.39, 0.29) is 24.5 Å². The molecule has 1 atom stereocenters. The molecule has 6 heteroatoms. The van der Waals surface area contributed by atoms with E-state index in [9.17, 15) is 14.7 Å². The summed E-state index contributed by atoms with van der Waals surface area (Å²) in [5.41, 5.74) is 1.76. The lowest BCUT2D eigenvalue weighted by atomic mass is 9.72. The normalized spacial score (nSPS) is 22.2. The van der Waals surface area contributed by atoms with Gasteiger partial charge in [-0.25, -0.2) is 0 Å². The van der Waals surface area contributed by atoms with Gasteiger partial charge in [0.15, 0.2) is 6.61 Å². The topological polar surface area (TPSA) is 76.1 Å². The van der Waals surface area contributed by atoms with Crippen molar-refractivity contribution in [2.75, 3.05) is 32.9 Å². The zero-order valence-corrected chi connectivity index (χ0v) is 14.8. The smallest absolute Gasteiger partial charge is 0.308 e. The minimum Gasteiger partial charge on any atom is -0.483 e. The van der Waals surface area contributed by atoms with Crippen LogP contribution in [0, 0.1) is 25.2 Å². The molecule has 25 heavy (non-hydrogen) atoms. The molecule has 1 spiro atoms. The highest BCUT2D eigenvalue weighted by Crippen LogP contribution is 2.44. The third-order valence-corrected chi connectivity index (χ3v) is 5.69. The fourth-order valence-corrected chi connectivity index (χ4v) is 3.89. The Morgan fingerprint density at radius 1 is 1.32 bits per heavy atom. The van der Waals surface area contributed by atoms with Gasteiger partial charge in [-0.1, -0.05) is 12.1 Å². The molecule has 1 unspecified atom stereocenters. The Labute approximate surface area is 147 Å². The summed E-state index contributed by atoms with van der Waals surface area (Å²) in [6, 6.07) is 5.74. The second-order valence-corrected chi connectivity index (χ2v) is 7.13. The van der Waals surface area contributed by atoms with Gasteiger partial charge in [0.05, 0.1) is 5.92 Å². The van der Waals surface area contributed by atoms with Crippen LogP contribution in [0.25, 0.3) is 0 Å². The Hall–Kier alpha value is -2.08. The van der Waals surface area contributed by atoms with E-state index in [0.29, 0.717) is 38.3 Å². The van der Waals surface area contributed by atoms with Crippen LogP contribution in [0.15, 0.2) is 18.2 Å². The number of ether oxygens (including phenoxy) is 2. The Balaban J connectivity index is 1.66. The van der Waals surface area contributed by atoms with Crippen LogP contribution in [-0.4, -0.2) is 54.8 Å². The Morgan fingerprint density at radius 3 is 2.72 bits per heavy atom. The average molecular weight is 347 g/mol. The fourth-order valence-electron chi connectivity index (χ4n) is 3.89. The number of likely N-dealkylation sites (tertiary alicyclic amines) is 1. The van der Waals surface area contributed by atoms with Crippen molar-refractivity contribution in [1.82, 2.24) is 4.90 Å². The molecule has 6 nitrogen and oxygen atoms in total. The van der Waals surface area contributed by atoms with Crippen molar-refractivity contribution >= 4 is 11.9 Å². The van der Waals surface area contributed by atoms with E-state index >= 15 is 0 Å². The van der Waals surface area contributed by atoms with Gasteiger partial charge in [0, 0.05) is 31.7 Å². The number of carboxylic acids is 1. The molecular formula is C19H25NO5. The first kappa shape index (κ1) is 17.7. The first-order valence-corrected chi connectivity index (χ1v) is 8.70. The lowest BCUT2D eigenvalue weighted by Crippen LogP contribution is -2.40. The summed E-state index contributed by atoms with van der Waals surface area (Å²) >= 11 is 0. The molecule has 2 fully saturated rings. The van der Waals surface area contributed by atoms with Gasteiger partial charge in [-0.15, -0.1) is 0 Å². The predicted molar refractivity (Wildman–Crippen MR) is 91.6 cm³/mol. The van der Waals surface area contributed by atoms with Gasteiger partial charge in [0.2, 0.25) is 0 Å². The summed E-state index contributed by atoms with van der Waals surface area (Å²) in [5, 5.41) is 9.60. The summed E-state index contributed by atoms with van der Waals surface area (Å²) in [6.45, 7) is 5.74. The first-order chi connectivity index (χ1) is 11.9. The molecule has 2 heterocycles. The molecule has 0 aliphatic carbocycles. The number of carbonyl (C=O) groups excluding carboxylic acids is 1. The van der Waals surface area contributed by atoms with Crippen LogP contribution in [0.2, 0.25) is 0 Å². The number of carbonyl (C=O) groups is 2. The number of benzene rings is 1. The molecule has 0 saturated carbocycles. The van der Waals surface area contributed by atoms with Crippen molar-refractivity contribution in [3.63, 3.8) is 0 Å². The van der Waals surface area contributed by atoms with E-state index in [2.05, 4.69) is 0 Å². The molecule has 1 amide bonds. The summed E-state index contributed by atoms with van der Waals surface area (Å²) in [7, 11) is 0. The number of amides is 1. The highest BCUT2D eigenvalue weighted by molar-refractivity contribution is 5.80. The number of rotatable bonds is 4. The van der Waals surface area contributed by atoms with Gasteiger partial charge in [0.1, 0.15) is 5.75 Å². The summed E-state index contributed by atoms with van der Waals surface area (Å²) in [6.07, 6.45) is 1.37. The quantitative estimate of drug-likeness (QED) is 0.902. The van der Waals surface area contributed by atoms with Crippen LogP contribution in [0.1, 0.15) is 24.0 Å². The SMILES string of the molecule is Cc1cccc(OCC(=O)N2CC(C(=O)O)C3(CCOCC3)C2)c1C. The summed E-state index contributed by atoms with van der Waals surface area (Å²) in [5.74, 6) is -0.813. The van der Waals surface area contributed by atoms with Crippen molar-refractivity contribution in [1.29, 1.82) is 0 Å². The van der Waals surface area contributed by atoms with Crippen molar-refractivity contribution in [2.45, 2.75) is 26.7 Å². The highest BCUT2D eigenvalue weighted by atomic mass is 16.5. The van der Waals surface area contributed by atoms with Gasteiger partial charge >= 0.3 is 5.97 Å². The second kappa shape index (κ2) is 7.04. The number of hydrogen-bond donors (Lipinski definition) is 1. The lowest BCUT2D eigenvalue weighted by Gasteiger charge is -2.36. The molecule has 2 saturated heterocycles. The molecule has 1 N–H and O–H groups in total. The largest absolute Gasteiger partial charge is 0.483 e. The van der Waals surface area contributed by atoms with Crippen LogP contribution in [-0.2, 0) is 14.3 Å². The first-order valence-electron chi connectivity index (χ1n) is 8.70. The van der Waals surface area contributed by atoms with Gasteiger partial charge in [-0.05, 0) is 43.9 Å². The van der Waals surface area contributed by atoms with Crippen molar-refractivity contribution < 1.29 is 24.2 Å². The van der Waals surface area contributed by atoms with Crippen LogP contribution in [0.3, 0.4) is 0 Å². The minimum absolute atomic E-state index is 0.0663. The third kappa shape index (κ3) is 3.49. The lowest BCUT2D eigenvalue weighted by molar-refractivity contribution is -0.146. The van der Waals surface area contributed by atoms with Crippen molar-refractivity contribution in [3.8, 4) is 5.75 Å². The van der Waals surface area contributed by atoms with E-state index in [1.165, 1.54) is 0 Å². The molecule has 0 radical (unpaired) electrons. The minimum atomic E-state index is -0.826. The van der Waals surface area contributed by atoms with Crippen molar-refractivity contribution in [2.24, 2.45) is 11.3 Å². The van der Waals surface area contributed by atoms with Crippen molar-refractivity contribution in [3.05, 3.63) is 29.3 Å². The fraction of sp³-hybridized carbons (Fsp3) is 0.579. The van der Waals surface area contributed by atoms with Crippen LogP contribution in [0.5, 0.6) is 5.75 Å². The maximum absolute atomic E-state index is 12.6. The maximum atomic E-state index is 12.6. The van der Waals surface area contributed by atoms with Gasteiger partial charge in [-0.3, -0.25) is 9.59 Å². The van der Waals surface area contributed by atoms with E-state index in [4.69, 9.17) is 9.47 Å². The van der Waals surface area contributed by atoms with Gasteiger partial charge in [0.25, 0.3) is 5.91 Å². The highest BCUT2D eigenvalue weighted by Gasteiger charge is 2.51. The molecular weight excluding hydrogens is 322 g/mol. The number of aliphatic carboxylic acids is 1. The van der Waals surface area contributed by atoms with E-state index in [0.717, 1.165) is 11.1 Å². The van der Waals surface area contributed by atoms with Crippen LogP contribution in [0.4, 0.5) is 0 Å². The maximum Gasteiger partial charge on any atom is 0.308 e. The number of nitrogens with zero attached hydrogens (tertiary/aromatic N) is 1. The third-order valence-electron chi connectivity index (χ3n) is 5.69. The zero-order valence-electron chi connectivity index (χ0n) is 14.8. The average Bonchev–Trinajstić information content (AvgIpc) is 2.96. The molecule has 1 aromatic rings. The van der Waals surface area contributed by atoms with Crippen LogP contribution < -0.4 is 4.74 Å². The molecule has 0 aromatic heterocycles. The molecule has 2 aliphatic rings. The van der Waals surface area contributed by atoms with Gasteiger partial charge in [-0.2, -0.15) is 0 Å². The number of aryl methyl sites for hydroxylation is 1. The second-order valence-electron chi connectivity index (χ2n) is 7.13. The van der Waals surface area contributed by atoms with E-state index in [1.54, 1.807) is 4.90 Å². The zero-order chi connectivity index (χ0) is 18.0. The molecule has 1 aromatic carbocycles. The Kier molecular flexibility index (Phi) is 4.99. The molecule has 3 rings (SSSR count). The predicted octanol–water partition coefficient (Wildman–Crippen LogP) is 2.02. The molecule has 0 bridgehead atoms. The Morgan fingerprint density at radius 2 is 2.04 bits per heavy atom. The summed E-state index contributed by atoms with van der Waals surface area (Å²) in [4.78, 5) is 25.9.